The van der Waals surface area contributed by atoms with Crippen LogP contribution in [0.25, 0.3) is 11.3 Å². The van der Waals surface area contributed by atoms with Crippen LogP contribution in [-0.4, -0.2) is 33.6 Å². The first-order chi connectivity index (χ1) is 13.8. The maximum Gasteiger partial charge on any atom is 0.336 e. The van der Waals surface area contributed by atoms with E-state index in [-0.39, 0.29) is 55.6 Å². The van der Waals surface area contributed by atoms with Crippen LogP contribution < -0.4 is 0 Å². The molecule has 0 heterocycles. The van der Waals surface area contributed by atoms with E-state index in [0.717, 1.165) is 22.3 Å². The van der Waals surface area contributed by atoms with Gasteiger partial charge in [-0.05, 0) is 76.8 Å². The monoisotopic (exact) mass is 479 g/mol. The van der Waals surface area contributed by atoms with E-state index in [9.17, 15) is 24.9 Å². The maximum atomic E-state index is 11.8. The molecule has 0 saturated heterocycles. The molecule has 0 fully saturated rings. The Bertz CT molecular complexity index is 1100. The number of nitrogens with one attached hydrogen (secondary N) is 1. The van der Waals surface area contributed by atoms with Crippen LogP contribution in [0.5, 0.6) is 11.5 Å². The van der Waals surface area contributed by atoms with Crippen molar-refractivity contribution < 1.29 is 57.6 Å². The second kappa shape index (κ2) is 9.98. The summed E-state index contributed by atoms with van der Waals surface area (Å²) < 4.78 is 0. The quantitative estimate of drug-likeness (QED) is 0.595. The molecule has 2 aliphatic rings. The number of aromatic carboxylic acids is 1. The number of rotatable bonds is 2. The molecule has 7 heteroatoms. The van der Waals surface area contributed by atoms with Crippen LogP contribution in [0.1, 0.15) is 34.0 Å². The Morgan fingerprint density at radius 2 is 1.67 bits per heavy atom. The number of hydrogen-bond acceptors (Lipinski definition) is 4. The zero-order valence-electron chi connectivity index (χ0n) is 16.3. The molecule has 0 aliphatic heterocycles. The van der Waals surface area contributed by atoms with Crippen molar-refractivity contribution in [2.75, 3.05) is 6.54 Å². The first-order valence-corrected chi connectivity index (χ1v) is 9.06. The number of aromatic hydroxyl groups is 2. The van der Waals surface area contributed by atoms with E-state index in [4.69, 9.17) is 5.73 Å². The van der Waals surface area contributed by atoms with Crippen molar-refractivity contribution in [3.8, 4) is 11.5 Å². The average Bonchev–Trinajstić information content (AvgIpc) is 2.66. The van der Waals surface area contributed by atoms with Crippen molar-refractivity contribution >= 4 is 17.3 Å². The number of carboxylic acid groups (broad SMARTS) is 1. The van der Waals surface area contributed by atoms with Gasteiger partial charge in [0.15, 0.2) is 5.78 Å². The molecule has 2 aromatic rings. The first kappa shape index (κ1) is 23.7. The van der Waals surface area contributed by atoms with Crippen LogP contribution in [0.4, 0.5) is 0 Å². The third kappa shape index (κ3) is 4.78. The van der Waals surface area contributed by atoms with E-state index >= 15 is 0 Å². The summed E-state index contributed by atoms with van der Waals surface area (Å²) in [5.74, 6) is -1.20. The summed E-state index contributed by atoms with van der Waals surface area (Å²) >= 11 is 0. The van der Waals surface area contributed by atoms with Crippen LogP contribution in [0.3, 0.4) is 0 Å². The zero-order chi connectivity index (χ0) is 21.1. The van der Waals surface area contributed by atoms with Gasteiger partial charge in [-0.1, -0.05) is 19.1 Å². The molecule has 0 bridgehead atoms. The van der Waals surface area contributed by atoms with Gasteiger partial charge in [0.05, 0.1) is 5.56 Å². The first-order valence-electron chi connectivity index (χ1n) is 9.06. The van der Waals surface area contributed by atoms with Gasteiger partial charge < -0.3 is 21.1 Å². The predicted octanol–water partition coefficient (Wildman–Crippen LogP) is 4.28. The number of allylic oxidation sites excluding steroid dienone is 5. The minimum atomic E-state index is -1.11. The number of ketones is 1. The number of carbonyl (C=O) groups excluding carboxylic acids is 1. The van der Waals surface area contributed by atoms with Crippen molar-refractivity contribution in [1.82, 2.24) is 0 Å². The summed E-state index contributed by atoms with van der Waals surface area (Å²) in [6.07, 6.45) is 5.09. The molecule has 2 aliphatic carbocycles. The fourth-order valence-electron chi connectivity index (χ4n) is 3.50. The Morgan fingerprint density at radius 3 is 2.33 bits per heavy atom. The van der Waals surface area contributed by atoms with Gasteiger partial charge in [-0.25, -0.2) is 4.79 Å². The van der Waals surface area contributed by atoms with Crippen LogP contribution in [0.15, 0.2) is 65.8 Å². The molecule has 0 amide bonds. The molecule has 0 saturated carbocycles. The fraction of sp³-hybridized carbons (Fsp3) is 0.130. The fourth-order valence-corrected chi connectivity index (χ4v) is 3.50. The third-order valence-electron chi connectivity index (χ3n) is 4.59. The summed E-state index contributed by atoms with van der Waals surface area (Å²) in [6, 6.07) is 8.97. The molecule has 151 valence electrons. The van der Waals surface area contributed by atoms with Crippen molar-refractivity contribution in [3.05, 3.63) is 93.8 Å². The molecule has 0 spiro atoms. The van der Waals surface area contributed by atoms with Crippen molar-refractivity contribution in [2.45, 2.75) is 13.3 Å². The summed E-state index contributed by atoms with van der Waals surface area (Å²) in [5, 5.41) is 29.4. The summed E-state index contributed by atoms with van der Waals surface area (Å²) in [7, 11) is 0. The summed E-state index contributed by atoms with van der Waals surface area (Å²) in [4.78, 5) is 23.5. The number of hydrogen-bond donors (Lipinski definition) is 3. The molecule has 0 atom stereocenters. The minimum Gasteiger partial charge on any atom is -0.678 e. The van der Waals surface area contributed by atoms with Crippen LogP contribution in [-0.2, 0) is 43.9 Å². The number of carboxylic acids is 1. The number of carbonyl (C=O) groups is 2. The normalized spacial score (nSPS) is 13.9. The van der Waals surface area contributed by atoms with Crippen molar-refractivity contribution in [3.63, 3.8) is 0 Å². The van der Waals surface area contributed by atoms with Crippen molar-refractivity contribution in [1.29, 1.82) is 0 Å². The molecule has 0 aromatic heterocycles. The van der Waals surface area contributed by atoms with Crippen molar-refractivity contribution in [2.24, 2.45) is 0 Å². The third-order valence-corrected chi connectivity index (χ3v) is 4.59. The molecular weight excluding hydrogens is 459 g/mol. The van der Waals surface area contributed by atoms with Gasteiger partial charge in [0.2, 0.25) is 0 Å². The molecule has 2 aromatic carbocycles. The van der Waals surface area contributed by atoms with Gasteiger partial charge in [-0.15, -0.1) is 0 Å². The topological polar surface area (TPSA) is 119 Å². The number of benzene rings is 2. The van der Waals surface area contributed by atoms with Gasteiger partial charge >= 0.3 is 5.97 Å². The Kier molecular flexibility index (Phi) is 7.90. The molecule has 4 rings (SSSR count). The predicted molar refractivity (Wildman–Crippen MR) is 110 cm³/mol. The van der Waals surface area contributed by atoms with E-state index in [1.165, 1.54) is 36.4 Å². The number of phenols is 2. The zero-order valence-corrected chi connectivity index (χ0v) is 19.2. The number of fused-ring (bicyclic) bond motifs is 2. The number of phenolic OH excluding ortho intramolecular Hbond substituents is 2. The summed E-state index contributed by atoms with van der Waals surface area (Å²) in [6.45, 7) is 2.29. The van der Waals surface area contributed by atoms with E-state index in [1.807, 2.05) is 0 Å². The Balaban J connectivity index is 0.000000757. The molecule has 6 nitrogen and oxygen atoms in total. The molecule has 4 N–H and O–H groups in total. The van der Waals surface area contributed by atoms with E-state index in [2.05, 4.69) is 0 Å². The molecule has 0 unspecified atom stereocenters. The maximum absolute atomic E-state index is 11.8. The second-order valence-electron chi connectivity index (χ2n) is 6.60. The Morgan fingerprint density at radius 1 is 1.03 bits per heavy atom. The van der Waals surface area contributed by atoms with Gasteiger partial charge in [-0.3, -0.25) is 4.79 Å². The van der Waals surface area contributed by atoms with Crippen LogP contribution in [0, 0.1) is 0 Å². The molecular formula is C23H20NO5Y-. The smallest absolute Gasteiger partial charge is 0.336 e. The SMILES string of the molecule is CC[NH-].O=C1C=CC2=C(c3cc(O)ccc3C(=O)O)c3ccc(O)cc3CC2=C1.[Y]. The Labute approximate surface area is 199 Å². The minimum absolute atomic E-state index is 0. The largest absolute Gasteiger partial charge is 0.678 e. The Hall–Kier alpha value is -2.54. The summed E-state index contributed by atoms with van der Waals surface area (Å²) in [5.41, 5.74) is 10.3. The van der Waals surface area contributed by atoms with Gasteiger partial charge in [0.25, 0.3) is 0 Å². The second-order valence-corrected chi connectivity index (χ2v) is 6.60. The standard InChI is InChI=1S/C21H14O5.C2H6N.Y/c22-13-1-4-16-11(8-13)7-12-9-14(23)2-5-17(12)20(16)19-10-15(24)3-6-18(19)21(25)26;1-2-3;/h1-6,8-10,22,24H,7H2,(H,25,26);3H,2H2,1H3;/q;-1;. The molecule has 1 radical (unpaired) electrons. The van der Waals surface area contributed by atoms with Gasteiger partial charge in [0, 0.05) is 38.3 Å². The molecule has 30 heavy (non-hydrogen) atoms. The van der Waals surface area contributed by atoms with E-state index in [0.29, 0.717) is 24.1 Å². The average molecular weight is 479 g/mol. The van der Waals surface area contributed by atoms with Gasteiger partial charge in [0.1, 0.15) is 11.5 Å². The van der Waals surface area contributed by atoms with E-state index in [1.54, 1.807) is 25.1 Å². The van der Waals surface area contributed by atoms with E-state index < -0.39 is 5.97 Å². The van der Waals surface area contributed by atoms with Crippen LogP contribution >= 0.6 is 0 Å². The van der Waals surface area contributed by atoms with Gasteiger partial charge in [-0.2, -0.15) is 6.54 Å². The van der Waals surface area contributed by atoms with Crippen LogP contribution in [0.2, 0.25) is 0 Å².